The molecule has 0 aromatic heterocycles. The largest absolute Gasteiger partial charge is 0.312 e. The topological polar surface area (TPSA) is 12.0 Å². The van der Waals surface area contributed by atoms with E-state index in [1.54, 1.807) is 0 Å². The third-order valence-electron chi connectivity index (χ3n) is 2.60. The van der Waals surface area contributed by atoms with Gasteiger partial charge in [-0.3, -0.25) is 0 Å². The maximum Gasteiger partial charge on any atom is 0.0208 e. The summed E-state index contributed by atoms with van der Waals surface area (Å²) in [7, 11) is 0. The summed E-state index contributed by atoms with van der Waals surface area (Å²) in [5.41, 5.74) is 2.98. The number of nitrogens with one attached hydrogen (secondary N) is 1. The quantitative estimate of drug-likeness (QED) is 0.720. The second-order valence-electron chi connectivity index (χ2n) is 3.73. The molecule has 1 aromatic rings. The molecule has 0 bridgehead atoms. The van der Waals surface area contributed by atoms with Gasteiger partial charge in [0.1, 0.15) is 0 Å². The van der Waals surface area contributed by atoms with Crippen LogP contribution in [0, 0.1) is 0 Å². The maximum absolute atomic E-state index is 3.34. The molecule has 1 N–H and O–H groups in total. The van der Waals surface area contributed by atoms with Crippen LogP contribution in [-0.2, 0) is 13.0 Å². The first-order valence-corrected chi connectivity index (χ1v) is 6.56. The molecule has 0 aliphatic carbocycles. The molecule has 0 atom stereocenters. The number of rotatable bonds is 0. The lowest BCUT2D eigenvalue weighted by Gasteiger charge is -2.15. The molecule has 1 nitrogen and oxygen atoms in total. The van der Waals surface area contributed by atoms with Gasteiger partial charge >= 0.3 is 0 Å². The molecule has 15 heavy (non-hydrogen) atoms. The van der Waals surface area contributed by atoms with Gasteiger partial charge in [0.2, 0.25) is 0 Å². The monoisotopic (exact) mass is 219 g/mol. The molecule has 2 heteroatoms. The number of hydrogen-bond acceptors (Lipinski definition) is 2. The predicted molar refractivity (Wildman–Crippen MR) is 68.1 cm³/mol. The van der Waals surface area contributed by atoms with E-state index in [0.717, 1.165) is 13.1 Å². The third kappa shape index (κ3) is 3.40. The van der Waals surface area contributed by atoms with Crippen molar-refractivity contribution >= 4 is 11.8 Å². The highest BCUT2D eigenvalue weighted by Gasteiger charge is 2.05. The molecule has 0 spiro atoms. The van der Waals surface area contributed by atoms with Gasteiger partial charge in [-0.15, -0.1) is 11.8 Å². The highest BCUT2D eigenvalue weighted by Crippen LogP contribution is 2.12. The molecule has 2 aliphatic heterocycles. The second-order valence-corrected chi connectivity index (χ2v) is 4.74. The zero-order valence-corrected chi connectivity index (χ0v) is 9.72. The molecule has 0 saturated carbocycles. The summed E-state index contributed by atoms with van der Waals surface area (Å²) in [5.74, 6) is 1.31. The predicted octanol–water partition coefficient (Wildman–Crippen LogP) is 2.97. The van der Waals surface area contributed by atoms with Gasteiger partial charge in [-0.2, -0.15) is 0 Å². The smallest absolute Gasteiger partial charge is 0.0208 e. The molecule has 0 fully saturated rings. The minimum absolute atomic E-state index is 1.05. The Balaban J connectivity index is 0.000000144. The Labute approximate surface area is 96.0 Å². The third-order valence-corrected chi connectivity index (χ3v) is 3.46. The van der Waals surface area contributed by atoms with Crippen molar-refractivity contribution in [3.05, 3.63) is 46.9 Å². The van der Waals surface area contributed by atoms with Gasteiger partial charge in [-0.05, 0) is 35.9 Å². The van der Waals surface area contributed by atoms with Gasteiger partial charge in [-0.25, -0.2) is 0 Å². The minimum atomic E-state index is 1.05. The van der Waals surface area contributed by atoms with Crippen LogP contribution in [0.15, 0.2) is 35.7 Å². The van der Waals surface area contributed by atoms with Crippen molar-refractivity contribution in [1.82, 2.24) is 5.32 Å². The van der Waals surface area contributed by atoms with E-state index >= 15 is 0 Å². The highest BCUT2D eigenvalue weighted by atomic mass is 32.2. The van der Waals surface area contributed by atoms with Crippen LogP contribution >= 0.6 is 11.8 Å². The van der Waals surface area contributed by atoms with Crippen LogP contribution in [0.3, 0.4) is 0 Å². The first kappa shape index (κ1) is 10.8. The Morgan fingerprint density at radius 2 is 2.00 bits per heavy atom. The van der Waals surface area contributed by atoms with E-state index < -0.39 is 0 Å². The van der Waals surface area contributed by atoms with E-state index in [2.05, 4.69) is 41.1 Å². The molecule has 0 radical (unpaired) electrons. The van der Waals surface area contributed by atoms with Gasteiger partial charge in [0, 0.05) is 12.3 Å². The average molecular weight is 219 g/mol. The standard InChI is InChI=1S/C9H11N.C4H6S/c1-2-4-9-7-10-6-5-8(9)3-1;1-2-4-5-3-1/h1-4,10H,5-7H2;1,3H,2,4H2. The summed E-state index contributed by atoms with van der Waals surface area (Å²) in [6.07, 6.45) is 4.67. The number of thioether (sulfide) groups is 1. The number of benzene rings is 1. The van der Waals surface area contributed by atoms with Crippen molar-refractivity contribution in [3.8, 4) is 0 Å². The molecule has 2 aliphatic rings. The molecule has 3 rings (SSSR count). The summed E-state index contributed by atoms with van der Waals surface area (Å²) in [6, 6.07) is 8.63. The van der Waals surface area contributed by atoms with Crippen LogP contribution in [0.5, 0.6) is 0 Å². The van der Waals surface area contributed by atoms with E-state index in [4.69, 9.17) is 0 Å². The Morgan fingerprint density at radius 3 is 2.60 bits per heavy atom. The average Bonchev–Trinajstić information content (AvgIpc) is 2.88. The molecule has 0 amide bonds. The maximum atomic E-state index is 3.34. The summed E-state index contributed by atoms with van der Waals surface area (Å²) < 4.78 is 0. The lowest BCUT2D eigenvalue weighted by molar-refractivity contribution is 0.644. The number of allylic oxidation sites excluding steroid dienone is 1. The second kappa shape index (κ2) is 5.99. The Morgan fingerprint density at radius 1 is 1.13 bits per heavy atom. The van der Waals surface area contributed by atoms with Crippen LogP contribution in [0.2, 0.25) is 0 Å². The lowest BCUT2D eigenvalue weighted by Crippen LogP contribution is -2.23. The number of hydrogen-bond donors (Lipinski definition) is 1. The summed E-state index contributed by atoms with van der Waals surface area (Å²) in [5, 5.41) is 5.49. The van der Waals surface area contributed by atoms with Crippen molar-refractivity contribution in [3.63, 3.8) is 0 Å². The van der Waals surface area contributed by atoms with Crippen molar-refractivity contribution in [2.45, 2.75) is 19.4 Å². The highest BCUT2D eigenvalue weighted by molar-refractivity contribution is 8.02. The molecule has 0 unspecified atom stereocenters. The van der Waals surface area contributed by atoms with Crippen molar-refractivity contribution in [2.24, 2.45) is 0 Å². The molecule has 1 aromatic carbocycles. The van der Waals surface area contributed by atoms with Crippen molar-refractivity contribution < 1.29 is 0 Å². The van der Waals surface area contributed by atoms with Crippen LogP contribution < -0.4 is 5.32 Å². The number of fused-ring (bicyclic) bond motifs is 1. The molecule has 80 valence electrons. The lowest BCUT2D eigenvalue weighted by atomic mass is 10.0. The Bertz CT molecular complexity index is 302. The van der Waals surface area contributed by atoms with Crippen molar-refractivity contribution in [1.29, 1.82) is 0 Å². The van der Waals surface area contributed by atoms with E-state index in [1.807, 2.05) is 11.8 Å². The first-order valence-electron chi connectivity index (χ1n) is 5.51. The van der Waals surface area contributed by atoms with E-state index in [0.29, 0.717) is 0 Å². The molecular weight excluding hydrogens is 202 g/mol. The summed E-state index contributed by atoms with van der Waals surface area (Å²) in [4.78, 5) is 0. The summed E-state index contributed by atoms with van der Waals surface area (Å²) >= 11 is 1.89. The van der Waals surface area contributed by atoms with Gasteiger partial charge in [0.15, 0.2) is 0 Å². The fourth-order valence-electron chi connectivity index (χ4n) is 1.76. The van der Waals surface area contributed by atoms with Crippen LogP contribution in [0.1, 0.15) is 17.5 Å². The fraction of sp³-hybridized carbons (Fsp3) is 0.385. The van der Waals surface area contributed by atoms with E-state index in [1.165, 1.54) is 29.7 Å². The fourth-order valence-corrected chi connectivity index (χ4v) is 2.44. The van der Waals surface area contributed by atoms with Gasteiger partial charge < -0.3 is 5.32 Å². The molecular formula is C13H17NS. The normalized spacial score (nSPS) is 17.9. The van der Waals surface area contributed by atoms with Gasteiger partial charge in [-0.1, -0.05) is 30.3 Å². The molecule has 2 heterocycles. The van der Waals surface area contributed by atoms with Crippen molar-refractivity contribution in [2.75, 3.05) is 12.3 Å². The van der Waals surface area contributed by atoms with Gasteiger partial charge in [0.25, 0.3) is 0 Å². The van der Waals surface area contributed by atoms with E-state index in [-0.39, 0.29) is 0 Å². The summed E-state index contributed by atoms with van der Waals surface area (Å²) in [6.45, 7) is 2.19. The minimum Gasteiger partial charge on any atom is -0.312 e. The van der Waals surface area contributed by atoms with Crippen LogP contribution in [0.25, 0.3) is 0 Å². The Kier molecular flexibility index (Phi) is 4.30. The zero-order chi connectivity index (χ0) is 10.3. The first-order chi connectivity index (χ1) is 7.47. The SMILES string of the molecule is C1=CSCC1.c1ccc2c(c1)CCNC2. The van der Waals surface area contributed by atoms with Crippen LogP contribution in [0.4, 0.5) is 0 Å². The van der Waals surface area contributed by atoms with Gasteiger partial charge in [0.05, 0.1) is 0 Å². The zero-order valence-electron chi connectivity index (χ0n) is 8.91. The molecule has 0 saturated heterocycles. The van der Waals surface area contributed by atoms with Crippen LogP contribution in [-0.4, -0.2) is 12.3 Å². The van der Waals surface area contributed by atoms with E-state index in [9.17, 15) is 0 Å². The Hall–Kier alpha value is -0.730.